The largest absolute Gasteiger partial charge is 0.394 e. The highest BCUT2D eigenvalue weighted by Gasteiger charge is 2.11. The van der Waals surface area contributed by atoms with Gasteiger partial charge in [0.15, 0.2) is 0 Å². The molecule has 0 atom stereocenters. The van der Waals surface area contributed by atoms with Gasteiger partial charge in [0, 0.05) is 19.6 Å². The van der Waals surface area contributed by atoms with Crippen molar-refractivity contribution in [3.8, 4) is 0 Å². The van der Waals surface area contributed by atoms with E-state index in [0.717, 1.165) is 51.4 Å². The van der Waals surface area contributed by atoms with E-state index in [1.165, 1.54) is 0 Å². The summed E-state index contributed by atoms with van der Waals surface area (Å²) in [6.07, 6.45) is 2.16. The van der Waals surface area contributed by atoms with Crippen LogP contribution < -0.4 is 0 Å². The SMILES string of the molecule is C/C(CCC(C)(C)C)=N/OCCN1CCOCC1. The van der Waals surface area contributed by atoms with Gasteiger partial charge in [0.1, 0.15) is 6.61 Å². The first-order valence-electron chi connectivity index (χ1n) is 6.93. The van der Waals surface area contributed by atoms with Crippen LogP contribution in [0.15, 0.2) is 5.16 Å². The molecule has 1 aliphatic rings. The average Bonchev–Trinajstić information content (AvgIpc) is 2.33. The molecular weight excluding hydrogens is 228 g/mol. The first kappa shape index (κ1) is 15.4. The lowest BCUT2D eigenvalue weighted by atomic mass is 9.90. The minimum atomic E-state index is 0.366. The van der Waals surface area contributed by atoms with E-state index >= 15 is 0 Å². The summed E-state index contributed by atoms with van der Waals surface area (Å²) in [6, 6.07) is 0. The molecule has 0 aromatic carbocycles. The lowest BCUT2D eigenvalue weighted by Gasteiger charge is -2.25. The minimum Gasteiger partial charge on any atom is -0.394 e. The van der Waals surface area contributed by atoms with Gasteiger partial charge in [0.25, 0.3) is 0 Å². The van der Waals surface area contributed by atoms with Gasteiger partial charge < -0.3 is 9.57 Å². The van der Waals surface area contributed by atoms with Crippen molar-refractivity contribution in [2.45, 2.75) is 40.5 Å². The average molecular weight is 256 g/mol. The van der Waals surface area contributed by atoms with Crippen molar-refractivity contribution >= 4 is 5.71 Å². The smallest absolute Gasteiger partial charge is 0.129 e. The van der Waals surface area contributed by atoms with Crippen molar-refractivity contribution in [3.05, 3.63) is 0 Å². The number of nitrogens with zero attached hydrogens (tertiary/aromatic N) is 2. The quantitative estimate of drug-likeness (QED) is 0.416. The molecule has 4 heteroatoms. The Labute approximate surface area is 111 Å². The Hall–Kier alpha value is -0.610. The summed E-state index contributed by atoms with van der Waals surface area (Å²) in [4.78, 5) is 7.72. The molecule has 106 valence electrons. The summed E-state index contributed by atoms with van der Waals surface area (Å²) < 4.78 is 5.30. The summed E-state index contributed by atoms with van der Waals surface area (Å²) in [5.74, 6) is 0. The van der Waals surface area contributed by atoms with Crippen molar-refractivity contribution in [2.75, 3.05) is 39.5 Å². The number of oxime groups is 1. The molecule has 0 aliphatic carbocycles. The highest BCUT2D eigenvalue weighted by Crippen LogP contribution is 2.20. The Kier molecular flexibility index (Phi) is 6.65. The Balaban J connectivity index is 2.07. The zero-order valence-corrected chi connectivity index (χ0v) is 12.4. The fourth-order valence-corrected chi connectivity index (χ4v) is 1.75. The summed E-state index contributed by atoms with van der Waals surface area (Å²) in [5, 5.41) is 4.17. The van der Waals surface area contributed by atoms with Crippen LogP contribution in [-0.4, -0.2) is 50.1 Å². The Morgan fingerprint density at radius 1 is 1.28 bits per heavy atom. The number of morpholine rings is 1. The van der Waals surface area contributed by atoms with E-state index in [1.54, 1.807) is 0 Å². The van der Waals surface area contributed by atoms with Crippen LogP contribution in [0.3, 0.4) is 0 Å². The van der Waals surface area contributed by atoms with E-state index in [4.69, 9.17) is 9.57 Å². The fourth-order valence-electron chi connectivity index (χ4n) is 1.75. The van der Waals surface area contributed by atoms with Crippen LogP contribution in [0.4, 0.5) is 0 Å². The molecule has 0 bridgehead atoms. The normalized spacial score (nSPS) is 19.0. The molecule has 1 saturated heterocycles. The first-order valence-corrected chi connectivity index (χ1v) is 6.93. The highest BCUT2D eigenvalue weighted by molar-refractivity contribution is 5.81. The molecule has 0 saturated carbocycles. The maximum atomic E-state index is 5.37. The monoisotopic (exact) mass is 256 g/mol. The van der Waals surface area contributed by atoms with Crippen LogP contribution in [0.2, 0.25) is 0 Å². The second kappa shape index (κ2) is 7.74. The molecular formula is C14H28N2O2. The van der Waals surface area contributed by atoms with Crippen LogP contribution in [0.5, 0.6) is 0 Å². The molecule has 0 aromatic rings. The molecule has 4 nitrogen and oxygen atoms in total. The van der Waals surface area contributed by atoms with E-state index in [0.29, 0.717) is 12.0 Å². The van der Waals surface area contributed by atoms with Crippen LogP contribution in [0.1, 0.15) is 40.5 Å². The topological polar surface area (TPSA) is 34.1 Å². The van der Waals surface area contributed by atoms with Crippen LogP contribution in [0.25, 0.3) is 0 Å². The van der Waals surface area contributed by atoms with Gasteiger partial charge in [-0.25, -0.2) is 0 Å². The lowest BCUT2D eigenvalue weighted by Crippen LogP contribution is -2.38. The third kappa shape index (κ3) is 7.67. The number of hydrogen-bond donors (Lipinski definition) is 0. The van der Waals surface area contributed by atoms with Gasteiger partial charge in [0.05, 0.1) is 18.9 Å². The molecule has 0 aromatic heterocycles. The second-order valence-electron chi connectivity index (χ2n) is 6.17. The molecule has 0 radical (unpaired) electrons. The zero-order chi connectivity index (χ0) is 13.4. The maximum absolute atomic E-state index is 5.37. The molecule has 0 spiro atoms. The zero-order valence-electron chi connectivity index (χ0n) is 12.4. The summed E-state index contributed by atoms with van der Waals surface area (Å²) in [7, 11) is 0. The van der Waals surface area contributed by atoms with E-state index in [1.807, 2.05) is 6.92 Å². The first-order chi connectivity index (χ1) is 8.47. The minimum absolute atomic E-state index is 0.366. The molecule has 0 unspecified atom stereocenters. The van der Waals surface area contributed by atoms with Gasteiger partial charge in [-0.1, -0.05) is 25.9 Å². The number of hydrogen-bond acceptors (Lipinski definition) is 4. The fraction of sp³-hybridized carbons (Fsp3) is 0.929. The molecule has 1 fully saturated rings. The standard InChI is InChI=1S/C14H28N2O2/c1-13(5-6-14(2,3)4)15-18-12-9-16-7-10-17-11-8-16/h5-12H2,1-4H3/b15-13-. The van der Waals surface area contributed by atoms with Crippen LogP contribution in [0, 0.1) is 5.41 Å². The summed E-state index contributed by atoms with van der Waals surface area (Å²) in [6.45, 7) is 14.1. The summed E-state index contributed by atoms with van der Waals surface area (Å²) in [5.41, 5.74) is 1.46. The van der Waals surface area contributed by atoms with Crippen molar-refractivity contribution in [3.63, 3.8) is 0 Å². The molecule has 1 aliphatic heterocycles. The van der Waals surface area contributed by atoms with Crippen LogP contribution in [-0.2, 0) is 9.57 Å². The molecule has 0 amide bonds. The van der Waals surface area contributed by atoms with E-state index < -0.39 is 0 Å². The van der Waals surface area contributed by atoms with Crippen molar-refractivity contribution in [2.24, 2.45) is 10.6 Å². The summed E-state index contributed by atoms with van der Waals surface area (Å²) >= 11 is 0. The van der Waals surface area contributed by atoms with E-state index in [-0.39, 0.29) is 0 Å². The van der Waals surface area contributed by atoms with Gasteiger partial charge in [0.2, 0.25) is 0 Å². The third-order valence-electron chi connectivity index (χ3n) is 3.06. The van der Waals surface area contributed by atoms with Crippen LogP contribution >= 0.6 is 0 Å². The van der Waals surface area contributed by atoms with E-state index in [9.17, 15) is 0 Å². The molecule has 1 rings (SSSR count). The van der Waals surface area contributed by atoms with Crippen molar-refractivity contribution in [1.82, 2.24) is 4.90 Å². The van der Waals surface area contributed by atoms with Crippen molar-refractivity contribution < 1.29 is 9.57 Å². The predicted molar refractivity (Wildman–Crippen MR) is 75.0 cm³/mol. The lowest BCUT2D eigenvalue weighted by molar-refractivity contribution is 0.0211. The molecule has 18 heavy (non-hydrogen) atoms. The second-order valence-corrected chi connectivity index (χ2v) is 6.17. The highest BCUT2D eigenvalue weighted by atomic mass is 16.6. The number of rotatable bonds is 6. The predicted octanol–water partition coefficient (Wildman–Crippen LogP) is 2.54. The van der Waals surface area contributed by atoms with Gasteiger partial charge in [-0.2, -0.15) is 0 Å². The molecule has 0 N–H and O–H groups in total. The van der Waals surface area contributed by atoms with Gasteiger partial charge in [-0.05, 0) is 25.2 Å². The van der Waals surface area contributed by atoms with Gasteiger partial charge in [-0.15, -0.1) is 0 Å². The Morgan fingerprint density at radius 3 is 2.56 bits per heavy atom. The third-order valence-corrected chi connectivity index (χ3v) is 3.06. The maximum Gasteiger partial charge on any atom is 0.129 e. The number of ether oxygens (including phenoxy) is 1. The van der Waals surface area contributed by atoms with Crippen molar-refractivity contribution in [1.29, 1.82) is 0 Å². The Morgan fingerprint density at radius 2 is 1.94 bits per heavy atom. The van der Waals surface area contributed by atoms with Gasteiger partial charge >= 0.3 is 0 Å². The Bertz CT molecular complexity index is 253. The van der Waals surface area contributed by atoms with Gasteiger partial charge in [-0.3, -0.25) is 4.90 Å². The molecule has 1 heterocycles. The van der Waals surface area contributed by atoms with E-state index in [2.05, 4.69) is 30.8 Å².